The van der Waals surface area contributed by atoms with E-state index in [-0.39, 0.29) is 0 Å². The monoisotopic (exact) mass is 201 g/mol. The van der Waals surface area contributed by atoms with Crippen LogP contribution in [0, 0.1) is 0 Å². The second kappa shape index (κ2) is 2.11. The molecule has 0 aromatic rings. The first-order chi connectivity index (χ1) is 4.45. The smallest absolute Gasteiger partial charge is 0.267 e. The quantitative estimate of drug-likeness (QED) is 0.605. The molecule has 1 amide bonds. The highest BCUT2D eigenvalue weighted by Crippen LogP contribution is 2.24. The van der Waals surface area contributed by atoms with Crippen molar-refractivity contribution in [3.8, 4) is 0 Å². The molecule has 0 aliphatic carbocycles. The van der Waals surface area contributed by atoms with Crippen molar-refractivity contribution in [2.45, 2.75) is 0 Å². The van der Waals surface area contributed by atoms with Crippen molar-refractivity contribution in [1.29, 1.82) is 0 Å². The molecule has 0 saturated heterocycles. The fourth-order valence-corrected chi connectivity index (χ4v) is 1.79. The average Bonchev–Trinajstić information content (AvgIpc) is 1.95. The van der Waals surface area contributed by atoms with Gasteiger partial charge in [-0.15, -0.1) is 0 Å². The number of nitrogens with one attached hydrogen (secondary N) is 1. The topological polar surface area (TPSA) is 63.2 Å². The second-order valence-corrected chi connectivity index (χ2v) is 4.12. The van der Waals surface area contributed by atoms with Crippen molar-refractivity contribution < 1.29 is 13.2 Å². The van der Waals surface area contributed by atoms with E-state index in [1.807, 2.05) is 0 Å². The average molecular weight is 202 g/mol. The van der Waals surface area contributed by atoms with Gasteiger partial charge >= 0.3 is 0 Å². The molecule has 1 heterocycles. The minimum atomic E-state index is -3.81. The summed E-state index contributed by atoms with van der Waals surface area (Å²) in [5.41, 5.74) is 0. The van der Waals surface area contributed by atoms with Crippen LogP contribution in [0.1, 0.15) is 0 Å². The Morgan fingerprint density at radius 2 is 1.80 bits per heavy atom. The van der Waals surface area contributed by atoms with Gasteiger partial charge in [0.2, 0.25) is 0 Å². The van der Waals surface area contributed by atoms with Gasteiger partial charge in [-0.2, -0.15) is 0 Å². The van der Waals surface area contributed by atoms with E-state index in [1.54, 1.807) is 4.72 Å². The van der Waals surface area contributed by atoms with Crippen molar-refractivity contribution in [1.82, 2.24) is 4.72 Å². The van der Waals surface area contributed by atoms with Gasteiger partial charge in [-0.1, -0.05) is 23.2 Å². The van der Waals surface area contributed by atoms with Gasteiger partial charge in [-0.05, 0) is 0 Å². The molecule has 1 rings (SSSR count). The summed E-state index contributed by atoms with van der Waals surface area (Å²) in [6, 6.07) is 0. The van der Waals surface area contributed by atoms with Crippen molar-refractivity contribution in [3.05, 3.63) is 9.40 Å². The Kier molecular flexibility index (Phi) is 1.66. The van der Waals surface area contributed by atoms with Gasteiger partial charge in [0.05, 0.1) is 0 Å². The van der Waals surface area contributed by atoms with Crippen LogP contribution in [0.5, 0.6) is 0 Å². The molecule has 0 bridgehead atoms. The number of hydrogen-bond acceptors (Lipinski definition) is 3. The van der Waals surface area contributed by atoms with Gasteiger partial charge in [0.15, 0.2) is 4.36 Å². The number of halogens is 2. The van der Waals surface area contributed by atoms with Crippen LogP contribution in [-0.2, 0) is 14.8 Å². The summed E-state index contributed by atoms with van der Waals surface area (Å²) >= 11 is 10.3. The standard InChI is InChI=1S/C3HCl2NO3S/c4-1-2(5)10(8,9)6-3(1)7/h(H,6,7). The molecule has 0 fully saturated rings. The predicted molar refractivity (Wildman–Crippen MR) is 35.8 cm³/mol. The number of carbonyl (C=O) groups is 1. The third-order valence-corrected chi connectivity index (χ3v) is 3.33. The van der Waals surface area contributed by atoms with Crippen LogP contribution in [-0.4, -0.2) is 14.3 Å². The number of sulfonamides is 1. The molecular weight excluding hydrogens is 201 g/mol. The van der Waals surface area contributed by atoms with Crippen LogP contribution in [0.3, 0.4) is 0 Å². The first-order valence-corrected chi connectivity index (χ1v) is 4.31. The zero-order valence-corrected chi connectivity index (χ0v) is 6.72. The Hall–Kier alpha value is -0.260. The minimum absolute atomic E-state index is 0.485. The van der Waals surface area contributed by atoms with E-state index in [9.17, 15) is 13.2 Å². The molecule has 56 valence electrons. The van der Waals surface area contributed by atoms with Crippen LogP contribution in [0.4, 0.5) is 0 Å². The maximum Gasteiger partial charge on any atom is 0.278 e. The van der Waals surface area contributed by atoms with Crippen LogP contribution < -0.4 is 4.72 Å². The summed E-state index contributed by atoms with van der Waals surface area (Å²) < 4.78 is 22.1. The summed E-state index contributed by atoms with van der Waals surface area (Å²) in [5.74, 6) is -0.883. The van der Waals surface area contributed by atoms with Crippen LogP contribution in [0.15, 0.2) is 9.40 Å². The Morgan fingerprint density at radius 3 is 1.90 bits per heavy atom. The highest BCUT2D eigenvalue weighted by atomic mass is 35.5. The molecule has 4 nitrogen and oxygen atoms in total. The van der Waals surface area contributed by atoms with Gasteiger partial charge in [-0.3, -0.25) is 4.79 Å². The van der Waals surface area contributed by atoms with E-state index >= 15 is 0 Å². The summed E-state index contributed by atoms with van der Waals surface area (Å²) in [4.78, 5) is 10.4. The lowest BCUT2D eigenvalue weighted by Crippen LogP contribution is -2.22. The summed E-state index contributed by atoms with van der Waals surface area (Å²) in [7, 11) is -3.81. The lowest BCUT2D eigenvalue weighted by atomic mass is 10.6. The van der Waals surface area contributed by atoms with E-state index in [4.69, 9.17) is 23.2 Å². The van der Waals surface area contributed by atoms with Crippen LogP contribution in [0.25, 0.3) is 0 Å². The molecule has 0 aromatic heterocycles. The second-order valence-electron chi connectivity index (χ2n) is 1.52. The lowest BCUT2D eigenvalue weighted by Gasteiger charge is -1.88. The molecule has 10 heavy (non-hydrogen) atoms. The van der Waals surface area contributed by atoms with Gasteiger partial charge in [0.1, 0.15) is 5.03 Å². The molecule has 1 aliphatic heterocycles. The molecule has 7 heteroatoms. The number of hydrogen-bond donors (Lipinski definition) is 1. The van der Waals surface area contributed by atoms with E-state index in [0.717, 1.165) is 0 Å². The van der Waals surface area contributed by atoms with Crippen molar-refractivity contribution in [2.24, 2.45) is 0 Å². The molecule has 0 spiro atoms. The SMILES string of the molecule is O=C1NS(=O)(=O)C(Cl)=C1Cl. The Morgan fingerprint density at radius 1 is 1.30 bits per heavy atom. The van der Waals surface area contributed by atoms with Crippen LogP contribution >= 0.6 is 23.2 Å². The largest absolute Gasteiger partial charge is 0.278 e. The van der Waals surface area contributed by atoms with Crippen LogP contribution in [0.2, 0.25) is 0 Å². The summed E-state index contributed by atoms with van der Waals surface area (Å²) in [6.45, 7) is 0. The number of amides is 1. The maximum absolute atomic E-state index is 10.6. The van der Waals surface area contributed by atoms with Gasteiger partial charge in [-0.25, -0.2) is 13.1 Å². The van der Waals surface area contributed by atoms with Gasteiger partial charge < -0.3 is 0 Å². The van der Waals surface area contributed by atoms with Crippen molar-refractivity contribution in [2.75, 3.05) is 0 Å². The fraction of sp³-hybridized carbons (Fsp3) is 0. The Labute approximate surface area is 66.9 Å². The fourth-order valence-electron chi connectivity index (χ4n) is 0.419. The molecular formula is C3HCl2NO3S. The first kappa shape index (κ1) is 7.84. The molecule has 1 N–H and O–H groups in total. The third kappa shape index (κ3) is 1.00. The zero-order valence-electron chi connectivity index (χ0n) is 4.39. The lowest BCUT2D eigenvalue weighted by molar-refractivity contribution is -0.115. The van der Waals surface area contributed by atoms with Crippen molar-refractivity contribution in [3.63, 3.8) is 0 Å². The highest BCUT2D eigenvalue weighted by molar-refractivity contribution is 7.96. The molecule has 0 atom stereocenters. The van der Waals surface area contributed by atoms with Crippen molar-refractivity contribution >= 4 is 39.1 Å². The predicted octanol–water partition coefficient (Wildman–Crippen LogP) is 0.0927. The highest BCUT2D eigenvalue weighted by Gasteiger charge is 2.33. The normalized spacial score (nSPS) is 23.2. The molecule has 0 aromatic carbocycles. The minimum Gasteiger partial charge on any atom is -0.267 e. The summed E-state index contributed by atoms with van der Waals surface area (Å²) in [5, 5.41) is -0.485. The van der Waals surface area contributed by atoms with Gasteiger partial charge in [0.25, 0.3) is 15.9 Å². The van der Waals surface area contributed by atoms with E-state index in [0.29, 0.717) is 0 Å². The zero-order chi connectivity index (χ0) is 7.94. The Balaban J connectivity index is 3.33. The number of rotatable bonds is 0. The number of carbonyl (C=O) groups excluding carboxylic acids is 1. The molecule has 0 radical (unpaired) electrons. The van der Waals surface area contributed by atoms with E-state index in [1.165, 1.54) is 0 Å². The molecule has 0 unspecified atom stereocenters. The Bertz CT molecular complexity index is 317. The van der Waals surface area contributed by atoms with E-state index < -0.39 is 25.3 Å². The third-order valence-electron chi connectivity index (χ3n) is 0.835. The van der Waals surface area contributed by atoms with E-state index in [2.05, 4.69) is 0 Å². The molecule has 0 saturated carbocycles. The first-order valence-electron chi connectivity index (χ1n) is 2.07. The molecule has 1 aliphatic rings. The maximum atomic E-state index is 10.6. The van der Waals surface area contributed by atoms with Gasteiger partial charge in [0, 0.05) is 0 Å². The summed E-state index contributed by atoms with van der Waals surface area (Å²) in [6.07, 6.45) is 0.